The van der Waals surface area contributed by atoms with Gasteiger partial charge in [0.15, 0.2) is 5.16 Å². The third kappa shape index (κ3) is 5.10. The first-order valence-electron chi connectivity index (χ1n) is 8.63. The maximum Gasteiger partial charge on any atom is 0.191 e. The van der Waals surface area contributed by atoms with Crippen LogP contribution in [0.15, 0.2) is 65.8 Å². The summed E-state index contributed by atoms with van der Waals surface area (Å²) in [6.07, 6.45) is 1.80. The molecule has 0 spiro atoms. The van der Waals surface area contributed by atoms with Gasteiger partial charge in [0.25, 0.3) is 0 Å². The van der Waals surface area contributed by atoms with Gasteiger partial charge in [-0.15, -0.1) is 10.2 Å². The smallest absolute Gasteiger partial charge is 0.191 e. The standard InChI is InChI=1S/C20H23N3OS/c1-2-23-19(16-17-10-5-3-6-11-17)21-22-20(23)25-15-9-14-24-18-12-7-4-8-13-18/h3-8,10-13H,2,9,14-16H2,1H3. The molecule has 0 aliphatic carbocycles. The lowest BCUT2D eigenvalue weighted by Crippen LogP contribution is -2.05. The summed E-state index contributed by atoms with van der Waals surface area (Å²) in [6.45, 7) is 3.74. The van der Waals surface area contributed by atoms with E-state index in [-0.39, 0.29) is 0 Å². The van der Waals surface area contributed by atoms with Gasteiger partial charge in [0.05, 0.1) is 6.61 Å². The van der Waals surface area contributed by atoms with Crippen LogP contribution in [0.25, 0.3) is 0 Å². The van der Waals surface area contributed by atoms with E-state index in [0.717, 1.165) is 41.9 Å². The fourth-order valence-corrected chi connectivity index (χ4v) is 3.52. The molecule has 0 radical (unpaired) electrons. The van der Waals surface area contributed by atoms with Crippen molar-refractivity contribution >= 4 is 11.8 Å². The second-order valence-corrected chi connectivity index (χ2v) is 6.73. The van der Waals surface area contributed by atoms with Crippen LogP contribution in [0.1, 0.15) is 24.7 Å². The molecule has 0 saturated heterocycles. The van der Waals surface area contributed by atoms with Crippen LogP contribution in [-0.4, -0.2) is 27.1 Å². The van der Waals surface area contributed by atoms with Gasteiger partial charge in [-0.05, 0) is 31.0 Å². The number of hydrogen-bond acceptors (Lipinski definition) is 4. The molecular weight excluding hydrogens is 330 g/mol. The van der Waals surface area contributed by atoms with Gasteiger partial charge in [0, 0.05) is 18.7 Å². The van der Waals surface area contributed by atoms with Gasteiger partial charge in [-0.1, -0.05) is 60.3 Å². The van der Waals surface area contributed by atoms with Gasteiger partial charge in [0.2, 0.25) is 0 Å². The van der Waals surface area contributed by atoms with E-state index in [1.165, 1.54) is 5.56 Å². The van der Waals surface area contributed by atoms with Gasteiger partial charge in [0.1, 0.15) is 11.6 Å². The molecule has 5 heteroatoms. The normalized spacial score (nSPS) is 10.8. The van der Waals surface area contributed by atoms with E-state index in [0.29, 0.717) is 6.61 Å². The van der Waals surface area contributed by atoms with Gasteiger partial charge >= 0.3 is 0 Å². The number of para-hydroxylation sites is 1. The van der Waals surface area contributed by atoms with Crippen molar-refractivity contribution in [3.8, 4) is 5.75 Å². The average Bonchev–Trinajstić information content (AvgIpc) is 3.04. The largest absolute Gasteiger partial charge is 0.494 e. The van der Waals surface area contributed by atoms with Crippen LogP contribution in [0.3, 0.4) is 0 Å². The summed E-state index contributed by atoms with van der Waals surface area (Å²) in [5.74, 6) is 2.92. The van der Waals surface area contributed by atoms with Gasteiger partial charge in [-0.3, -0.25) is 0 Å². The molecule has 0 aliphatic heterocycles. The fraction of sp³-hybridized carbons (Fsp3) is 0.300. The van der Waals surface area contributed by atoms with E-state index in [4.69, 9.17) is 4.74 Å². The van der Waals surface area contributed by atoms with Crippen molar-refractivity contribution in [2.24, 2.45) is 0 Å². The van der Waals surface area contributed by atoms with Crippen molar-refractivity contribution in [3.05, 3.63) is 72.1 Å². The van der Waals surface area contributed by atoms with E-state index in [1.54, 1.807) is 11.8 Å². The van der Waals surface area contributed by atoms with Crippen LogP contribution >= 0.6 is 11.8 Å². The lowest BCUT2D eigenvalue weighted by Gasteiger charge is -2.08. The highest BCUT2D eigenvalue weighted by molar-refractivity contribution is 7.99. The molecular formula is C20H23N3OS. The Morgan fingerprint density at radius 2 is 1.68 bits per heavy atom. The van der Waals surface area contributed by atoms with E-state index in [1.807, 2.05) is 36.4 Å². The Kier molecular flexibility index (Phi) is 6.51. The van der Waals surface area contributed by atoms with Crippen molar-refractivity contribution in [1.82, 2.24) is 14.8 Å². The first kappa shape index (κ1) is 17.5. The van der Waals surface area contributed by atoms with Crippen LogP contribution in [0.2, 0.25) is 0 Å². The number of rotatable bonds is 9. The number of ether oxygens (including phenoxy) is 1. The SMILES string of the molecule is CCn1c(Cc2ccccc2)nnc1SCCCOc1ccccc1. The van der Waals surface area contributed by atoms with Crippen LogP contribution in [0.5, 0.6) is 5.75 Å². The molecule has 1 aromatic heterocycles. The first-order chi connectivity index (χ1) is 12.4. The van der Waals surface area contributed by atoms with Gasteiger partial charge in [-0.2, -0.15) is 0 Å². The molecule has 25 heavy (non-hydrogen) atoms. The number of thioether (sulfide) groups is 1. The van der Waals surface area contributed by atoms with E-state index in [9.17, 15) is 0 Å². The van der Waals surface area contributed by atoms with Crippen molar-refractivity contribution < 1.29 is 4.74 Å². The molecule has 0 bridgehead atoms. The molecule has 0 saturated carbocycles. The Morgan fingerprint density at radius 1 is 0.960 bits per heavy atom. The molecule has 3 rings (SSSR count). The molecule has 3 aromatic rings. The Balaban J connectivity index is 1.49. The first-order valence-corrected chi connectivity index (χ1v) is 9.62. The molecule has 0 atom stereocenters. The zero-order valence-corrected chi connectivity index (χ0v) is 15.3. The summed E-state index contributed by atoms with van der Waals surface area (Å²) in [4.78, 5) is 0. The average molecular weight is 353 g/mol. The maximum atomic E-state index is 5.73. The highest BCUT2D eigenvalue weighted by Gasteiger charge is 2.11. The van der Waals surface area contributed by atoms with Crippen LogP contribution in [-0.2, 0) is 13.0 Å². The molecule has 0 fully saturated rings. The summed E-state index contributed by atoms with van der Waals surface area (Å²) >= 11 is 1.75. The predicted octanol–water partition coefficient (Wildman–Crippen LogP) is 4.45. The van der Waals surface area contributed by atoms with Gasteiger partial charge in [-0.25, -0.2) is 0 Å². The van der Waals surface area contributed by atoms with Crippen LogP contribution < -0.4 is 4.74 Å². The summed E-state index contributed by atoms with van der Waals surface area (Å²) < 4.78 is 7.93. The Morgan fingerprint density at radius 3 is 2.40 bits per heavy atom. The van der Waals surface area contributed by atoms with Crippen molar-refractivity contribution in [3.63, 3.8) is 0 Å². The lowest BCUT2D eigenvalue weighted by atomic mass is 10.1. The van der Waals surface area contributed by atoms with E-state index >= 15 is 0 Å². The number of nitrogens with zero attached hydrogens (tertiary/aromatic N) is 3. The Labute approximate surface area is 153 Å². The lowest BCUT2D eigenvalue weighted by molar-refractivity contribution is 0.318. The summed E-state index contributed by atoms with van der Waals surface area (Å²) in [5.41, 5.74) is 1.26. The Hall–Kier alpha value is -2.27. The minimum absolute atomic E-state index is 0.716. The summed E-state index contributed by atoms with van der Waals surface area (Å²) in [7, 11) is 0. The summed E-state index contributed by atoms with van der Waals surface area (Å²) in [5, 5.41) is 9.76. The van der Waals surface area contributed by atoms with Crippen molar-refractivity contribution in [2.75, 3.05) is 12.4 Å². The molecule has 0 N–H and O–H groups in total. The maximum absolute atomic E-state index is 5.73. The molecule has 0 unspecified atom stereocenters. The highest BCUT2D eigenvalue weighted by Crippen LogP contribution is 2.20. The summed E-state index contributed by atoms with van der Waals surface area (Å²) in [6, 6.07) is 20.3. The van der Waals surface area contributed by atoms with Crippen molar-refractivity contribution in [2.45, 2.75) is 31.5 Å². The third-order valence-electron chi connectivity index (χ3n) is 3.85. The molecule has 0 aliphatic rings. The van der Waals surface area contributed by atoms with E-state index in [2.05, 4.69) is 46.0 Å². The molecule has 2 aromatic carbocycles. The molecule has 130 valence electrons. The topological polar surface area (TPSA) is 39.9 Å². The predicted molar refractivity (Wildman–Crippen MR) is 102 cm³/mol. The second-order valence-electron chi connectivity index (χ2n) is 5.67. The third-order valence-corrected chi connectivity index (χ3v) is 4.90. The Bertz CT molecular complexity index is 759. The van der Waals surface area contributed by atoms with Crippen molar-refractivity contribution in [1.29, 1.82) is 0 Å². The van der Waals surface area contributed by atoms with Crippen LogP contribution in [0.4, 0.5) is 0 Å². The zero-order valence-electron chi connectivity index (χ0n) is 14.5. The highest BCUT2D eigenvalue weighted by atomic mass is 32.2. The second kappa shape index (κ2) is 9.28. The number of aromatic nitrogens is 3. The molecule has 1 heterocycles. The fourth-order valence-electron chi connectivity index (χ4n) is 2.58. The number of hydrogen-bond donors (Lipinski definition) is 0. The monoisotopic (exact) mass is 353 g/mol. The zero-order chi connectivity index (χ0) is 17.3. The quantitative estimate of drug-likeness (QED) is 0.421. The number of benzene rings is 2. The van der Waals surface area contributed by atoms with Gasteiger partial charge < -0.3 is 9.30 Å². The van der Waals surface area contributed by atoms with Crippen LogP contribution in [0, 0.1) is 0 Å². The molecule has 4 nitrogen and oxygen atoms in total. The minimum Gasteiger partial charge on any atom is -0.494 e. The minimum atomic E-state index is 0.716. The van der Waals surface area contributed by atoms with E-state index < -0.39 is 0 Å². The molecule has 0 amide bonds.